The van der Waals surface area contributed by atoms with Crippen molar-refractivity contribution in [2.75, 3.05) is 26.7 Å². The lowest BCUT2D eigenvalue weighted by molar-refractivity contribution is 0.0938. The number of hydrogen-bond acceptors (Lipinski definition) is 3. The van der Waals surface area contributed by atoms with Gasteiger partial charge in [-0.1, -0.05) is 24.6 Å². The van der Waals surface area contributed by atoms with Crippen molar-refractivity contribution in [2.24, 2.45) is 0 Å². The summed E-state index contributed by atoms with van der Waals surface area (Å²) < 4.78 is 5.21. The number of halogens is 1. The van der Waals surface area contributed by atoms with Crippen molar-refractivity contribution >= 4 is 17.5 Å². The van der Waals surface area contributed by atoms with E-state index in [1.165, 1.54) is 13.5 Å². The Kier molecular flexibility index (Phi) is 5.26. The molecule has 20 heavy (non-hydrogen) atoms. The molecule has 1 unspecified atom stereocenters. The average Bonchev–Trinajstić information content (AvgIpc) is 2.91. The molecular weight excluding hydrogens is 276 g/mol. The number of methoxy groups -OCH3 is 1. The molecule has 4 nitrogen and oxygen atoms in total. The van der Waals surface area contributed by atoms with Gasteiger partial charge in [-0.15, -0.1) is 0 Å². The lowest BCUT2D eigenvalue weighted by Crippen LogP contribution is -2.40. The number of ether oxygens (including phenoxy) is 1. The van der Waals surface area contributed by atoms with Crippen LogP contribution in [0.1, 0.15) is 30.1 Å². The summed E-state index contributed by atoms with van der Waals surface area (Å²) in [5.41, 5.74) is 0.487. The second-order valence-corrected chi connectivity index (χ2v) is 5.36. The van der Waals surface area contributed by atoms with Crippen molar-refractivity contribution in [3.63, 3.8) is 0 Å². The molecule has 0 bridgehead atoms. The molecule has 1 atom stereocenters. The van der Waals surface area contributed by atoms with E-state index < -0.39 is 0 Å². The molecule has 1 saturated heterocycles. The molecule has 1 aliphatic rings. The van der Waals surface area contributed by atoms with Crippen LogP contribution in [0.2, 0.25) is 5.02 Å². The fourth-order valence-electron chi connectivity index (χ4n) is 2.74. The highest BCUT2D eigenvalue weighted by Gasteiger charge is 2.24. The maximum Gasteiger partial charge on any atom is 0.255 e. The van der Waals surface area contributed by atoms with E-state index in [0.29, 0.717) is 28.9 Å². The Balaban J connectivity index is 2.00. The van der Waals surface area contributed by atoms with Crippen molar-refractivity contribution in [2.45, 2.75) is 25.8 Å². The normalized spacial score (nSPS) is 19.1. The van der Waals surface area contributed by atoms with E-state index in [-0.39, 0.29) is 5.91 Å². The quantitative estimate of drug-likeness (QED) is 0.908. The topological polar surface area (TPSA) is 41.6 Å². The number of benzene rings is 1. The Morgan fingerprint density at radius 1 is 1.55 bits per heavy atom. The van der Waals surface area contributed by atoms with Gasteiger partial charge in [0.2, 0.25) is 0 Å². The molecule has 0 aliphatic carbocycles. The van der Waals surface area contributed by atoms with Crippen LogP contribution in [-0.2, 0) is 0 Å². The van der Waals surface area contributed by atoms with Crippen LogP contribution in [-0.4, -0.2) is 43.6 Å². The molecule has 0 spiro atoms. The summed E-state index contributed by atoms with van der Waals surface area (Å²) in [7, 11) is 1.52. The molecule has 1 fully saturated rings. The van der Waals surface area contributed by atoms with Gasteiger partial charge >= 0.3 is 0 Å². The van der Waals surface area contributed by atoms with Crippen LogP contribution < -0.4 is 10.1 Å². The second kappa shape index (κ2) is 6.95. The fraction of sp³-hybridized carbons (Fsp3) is 0.533. The summed E-state index contributed by atoms with van der Waals surface area (Å²) in [6.45, 7) is 4.97. The predicted octanol–water partition coefficient (Wildman–Crippen LogP) is 2.56. The van der Waals surface area contributed by atoms with Crippen molar-refractivity contribution in [3.8, 4) is 5.75 Å². The molecular formula is C15H21ClN2O2. The van der Waals surface area contributed by atoms with Gasteiger partial charge in [0.15, 0.2) is 0 Å². The van der Waals surface area contributed by atoms with Gasteiger partial charge in [-0.25, -0.2) is 0 Å². The standard InChI is InChI=1S/C15H21ClN2O2/c1-3-18-9-5-6-11(18)10-17-15(19)12-7-4-8-13(16)14(12)20-2/h4,7-8,11H,3,5-6,9-10H2,1-2H3,(H,17,19). The van der Waals surface area contributed by atoms with Gasteiger partial charge in [0.05, 0.1) is 17.7 Å². The number of carbonyl (C=O) groups is 1. The van der Waals surface area contributed by atoms with Crippen molar-refractivity contribution < 1.29 is 9.53 Å². The molecule has 0 radical (unpaired) electrons. The number of likely N-dealkylation sites (tertiary alicyclic amines) is 1. The van der Waals surface area contributed by atoms with E-state index in [0.717, 1.165) is 19.5 Å². The summed E-state index contributed by atoms with van der Waals surface area (Å²) in [4.78, 5) is 14.7. The summed E-state index contributed by atoms with van der Waals surface area (Å²) >= 11 is 6.03. The maximum atomic E-state index is 12.3. The molecule has 1 heterocycles. The van der Waals surface area contributed by atoms with Crippen LogP contribution in [0, 0.1) is 0 Å². The number of rotatable bonds is 5. The van der Waals surface area contributed by atoms with E-state index in [1.54, 1.807) is 18.2 Å². The Bertz CT molecular complexity index is 479. The molecule has 1 amide bonds. The third-order valence-electron chi connectivity index (χ3n) is 3.82. The van der Waals surface area contributed by atoms with E-state index in [9.17, 15) is 4.79 Å². The summed E-state index contributed by atoms with van der Waals surface area (Å²) in [5, 5.41) is 3.44. The predicted molar refractivity (Wildman–Crippen MR) is 80.6 cm³/mol. The molecule has 1 N–H and O–H groups in total. The maximum absolute atomic E-state index is 12.3. The number of amides is 1. The molecule has 1 aromatic rings. The second-order valence-electron chi connectivity index (χ2n) is 4.96. The average molecular weight is 297 g/mol. The van der Waals surface area contributed by atoms with E-state index in [4.69, 9.17) is 16.3 Å². The fourth-order valence-corrected chi connectivity index (χ4v) is 3.00. The smallest absolute Gasteiger partial charge is 0.255 e. The molecule has 1 aromatic carbocycles. The van der Waals surface area contributed by atoms with E-state index in [2.05, 4.69) is 17.1 Å². The number of para-hydroxylation sites is 1. The Morgan fingerprint density at radius 3 is 3.05 bits per heavy atom. The molecule has 1 aliphatic heterocycles. The first-order valence-electron chi connectivity index (χ1n) is 7.02. The molecule has 110 valence electrons. The summed E-state index contributed by atoms with van der Waals surface area (Å²) in [6, 6.07) is 5.64. The van der Waals surface area contributed by atoms with Crippen molar-refractivity contribution in [3.05, 3.63) is 28.8 Å². The zero-order valence-corrected chi connectivity index (χ0v) is 12.7. The van der Waals surface area contributed by atoms with E-state index in [1.807, 2.05) is 0 Å². The van der Waals surface area contributed by atoms with Gasteiger partial charge in [0.1, 0.15) is 5.75 Å². The minimum atomic E-state index is -0.132. The van der Waals surface area contributed by atoms with Gasteiger partial charge in [0.25, 0.3) is 5.91 Å². The minimum Gasteiger partial charge on any atom is -0.494 e. The first kappa shape index (κ1) is 15.1. The van der Waals surface area contributed by atoms with Crippen LogP contribution in [0.25, 0.3) is 0 Å². The Hall–Kier alpha value is -1.26. The SMILES string of the molecule is CCN1CCCC1CNC(=O)c1cccc(Cl)c1OC. The van der Waals surface area contributed by atoms with Gasteiger partial charge in [-0.3, -0.25) is 9.69 Å². The summed E-state index contributed by atoms with van der Waals surface area (Å²) in [6.07, 6.45) is 2.34. The minimum absolute atomic E-state index is 0.132. The first-order valence-corrected chi connectivity index (χ1v) is 7.40. The number of hydrogen-bond donors (Lipinski definition) is 1. The highest BCUT2D eigenvalue weighted by Crippen LogP contribution is 2.28. The molecule has 0 saturated carbocycles. The Morgan fingerprint density at radius 2 is 2.35 bits per heavy atom. The van der Waals surface area contributed by atoms with Gasteiger partial charge in [0, 0.05) is 12.6 Å². The zero-order valence-electron chi connectivity index (χ0n) is 12.0. The van der Waals surface area contributed by atoms with Gasteiger partial charge in [-0.2, -0.15) is 0 Å². The summed E-state index contributed by atoms with van der Waals surface area (Å²) in [5.74, 6) is 0.303. The number of nitrogens with zero attached hydrogens (tertiary/aromatic N) is 1. The van der Waals surface area contributed by atoms with Crippen LogP contribution in [0.3, 0.4) is 0 Å². The van der Waals surface area contributed by atoms with Crippen LogP contribution >= 0.6 is 11.6 Å². The lowest BCUT2D eigenvalue weighted by Gasteiger charge is -2.23. The third-order valence-corrected chi connectivity index (χ3v) is 4.12. The van der Waals surface area contributed by atoms with Gasteiger partial charge in [-0.05, 0) is 38.1 Å². The van der Waals surface area contributed by atoms with Crippen molar-refractivity contribution in [1.82, 2.24) is 10.2 Å². The highest BCUT2D eigenvalue weighted by atomic mass is 35.5. The van der Waals surface area contributed by atoms with Gasteiger partial charge < -0.3 is 10.1 Å². The lowest BCUT2D eigenvalue weighted by atomic mass is 10.1. The molecule has 0 aromatic heterocycles. The largest absolute Gasteiger partial charge is 0.494 e. The van der Waals surface area contributed by atoms with Crippen LogP contribution in [0.4, 0.5) is 0 Å². The monoisotopic (exact) mass is 296 g/mol. The van der Waals surface area contributed by atoms with Crippen molar-refractivity contribution in [1.29, 1.82) is 0 Å². The first-order chi connectivity index (χ1) is 9.67. The third kappa shape index (κ3) is 3.25. The number of carbonyl (C=O) groups excluding carboxylic acids is 1. The van der Waals surface area contributed by atoms with E-state index >= 15 is 0 Å². The molecule has 5 heteroatoms. The van der Waals surface area contributed by atoms with Crippen LogP contribution in [0.5, 0.6) is 5.75 Å². The Labute approximate surface area is 125 Å². The van der Waals surface area contributed by atoms with Crippen LogP contribution in [0.15, 0.2) is 18.2 Å². The number of nitrogens with one attached hydrogen (secondary N) is 1. The number of likely N-dealkylation sites (N-methyl/N-ethyl adjacent to an activating group) is 1. The highest BCUT2D eigenvalue weighted by molar-refractivity contribution is 6.32. The zero-order chi connectivity index (χ0) is 14.5. The molecule has 2 rings (SSSR count).